The molecule has 180 valence electrons. The Bertz CT molecular complexity index is 1110. The standard InChI is InChI=1S/C23H26N4O7/c1-4-34-23(29)21-18(13-33-11-10-26-9-8-24-14-26)25-15(2)19(22(28)32-3)20(21)16-6-5-7-17(12-16)27(30)31/h5-9,12,14,19-20H,4,10-11,13H2,1-3H3. The number of aliphatic imine (C=N–C) groups is 1. The molecule has 2 unspecified atom stereocenters. The first kappa shape index (κ1) is 24.8. The number of rotatable bonds is 10. The van der Waals surface area contributed by atoms with E-state index in [-0.39, 0.29) is 24.5 Å². The number of nitro groups is 1. The van der Waals surface area contributed by atoms with Gasteiger partial charge in [0.25, 0.3) is 5.69 Å². The number of benzene rings is 1. The maximum absolute atomic E-state index is 13.1. The second-order valence-corrected chi connectivity index (χ2v) is 7.52. The van der Waals surface area contributed by atoms with Gasteiger partial charge in [0.1, 0.15) is 5.92 Å². The van der Waals surface area contributed by atoms with Crippen LogP contribution in [0.2, 0.25) is 0 Å². The molecule has 0 fully saturated rings. The minimum atomic E-state index is -0.957. The molecule has 0 spiro atoms. The fourth-order valence-electron chi connectivity index (χ4n) is 3.88. The number of non-ortho nitro benzene ring substituents is 1. The summed E-state index contributed by atoms with van der Waals surface area (Å²) < 4.78 is 17.9. The SMILES string of the molecule is CCOC(=O)C1=C(COCCn2ccnc2)N=C(C)C(C(=O)OC)C1c1cccc([N+](=O)[O-])c1. The molecule has 0 saturated carbocycles. The van der Waals surface area contributed by atoms with E-state index < -0.39 is 28.7 Å². The van der Waals surface area contributed by atoms with Gasteiger partial charge in [-0.25, -0.2) is 9.78 Å². The molecule has 1 aromatic carbocycles. The number of carbonyl (C=O) groups is 2. The molecule has 0 saturated heterocycles. The van der Waals surface area contributed by atoms with Crippen molar-refractivity contribution in [3.63, 3.8) is 0 Å². The van der Waals surface area contributed by atoms with E-state index in [1.807, 2.05) is 4.57 Å². The van der Waals surface area contributed by atoms with Crippen molar-refractivity contribution < 1.29 is 28.7 Å². The van der Waals surface area contributed by atoms with Gasteiger partial charge in [0.2, 0.25) is 0 Å². The zero-order valence-corrected chi connectivity index (χ0v) is 19.2. The molecule has 0 radical (unpaired) electrons. The van der Waals surface area contributed by atoms with E-state index >= 15 is 0 Å². The summed E-state index contributed by atoms with van der Waals surface area (Å²) in [4.78, 5) is 45.2. The van der Waals surface area contributed by atoms with Gasteiger partial charge in [-0.2, -0.15) is 0 Å². The number of hydrogen-bond donors (Lipinski definition) is 0. The predicted octanol–water partition coefficient (Wildman–Crippen LogP) is 2.67. The van der Waals surface area contributed by atoms with Gasteiger partial charge in [-0.05, 0) is 19.4 Å². The maximum Gasteiger partial charge on any atom is 0.336 e. The fraction of sp³-hybridized carbons (Fsp3) is 0.391. The molecule has 0 aliphatic carbocycles. The number of hydrogen-bond acceptors (Lipinski definition) is 9. The minimum Gasteiger partial charge on any atom is -0.468 e. The van der Waals surface area contributed by atoms with Gasteiger partial charge in [0, 0.05) is 42.7 Å². The van der Waals surface area contributed by atoms with E-state index in [9.17, 15) is 19.7 Å². The largest absolute Gasteiger partial charge is 0.468 e. The molecular formula is C23H26N4O7. The highest BCUT2D eigenvalue weighted by Gasteiger charge is 2.43. The van der Waals surface area contributed by atoms with Crippen molar-refractivity contribution in [2.45, 2.75) is 26.3 Å². The van der Waals surface area contributed by atoms with Crippen LogP contribution in [0.1, 0.15) is 25.3 Å². The average molecular weight is 470 g/mol. The van der Waals surface area contributed by atoms with Crippen LogP contribution in [0, 0.1) is 16.0 Å². The molecule has 3 rings (SSSR count). The molecule has 2 aromatic rings. The lowest BCUT2D eigenvalue weighted by atomic mass is 9.75. The summed E-state index contributed by atoms with van der Waals surface area (Å²) in [6, 6.07) is 5.82. The number of methoxy groups -OCH3 is 1. The molecule has 1 aliphatic rings. The molecular weight excluding hydrogens is 444 g/mol. The minimum absolute atomic E-state index is 0.0144. The molecule has 0 bridgehead atoms. The Kier molecular flexibility index (Phi) is 8.25. The predicted molar refractivity (Wildman–Crippen MR) is 121 cm³/mol. The van der Waals surface area contributed by atoms with Crippen LogP contribution in [-0.4, -0.2) is 59.1 Å². The van der Waals surface area contributed by atoms with Crippen molar-refractivity contribution in [2.75, 3.05) is 26.9 Å². The van der Waals surface area contributed by atoms with Crippen molar-refractivity contribution in [1.82, 2.24) is 9.55 Å². The Morgan fingerprint density at radius 1 is 1.29 bits per heavy atom. The van der Waals surface area contributed by atoms with Crippen LogP contribution in [-0.2, 0) is 30.3 Å². The van der Waals surface area contributed by atoms with E-state index in [2.05, 4.69) is 9.98 Å². The van der Waals surface area contributed by atoms with Crippen LogP contribution in [0.4, 0.5) is 5.69 Å². The van der Waals surface area contributed by atoms with Crippen molar-refractivity contribution in [3.8, 4) is 0 Å². The van der Waals surface area contributed by atoms with E-state index in [1.54, 1.807) is 38.6 Å². The van der Waals surface area contributed by atoms with Gasteiger partial charge in [-0.3, -0.25) is 19.9 Å². The third-order valence-corrected chi connectivity index (χ3v) is 5.40. The van der Waals surface area contributed by atoms with E-state index in [4.69, 9.17) is 14.2 Å². The number of imidazole rings is 1. The van der Waals surface area contributed by atoms with Gasteiger partial charge >= 0.3 is 11.9 Å². The van der Waals surface area contributed by atoms with Gasteiger partial charge < -0.3 is 18.8 Å². The highest BCUT2D eigenvalue weighted by Crippen LogP contribution is 2.41. The van der Waals surface area contributed by atoms with Crippen LogP contribution in [0.5, 0.6) is 0 Å². The van der Waals surface area contributed by atoms with Gasteiger partial charge in [-0.1, -0.05) is 12.1 Å². The van der Waals surface area contributed by atoms with Crippen molar-refractivity contribution in [1.29, 1.82) is 0 Å². The summed E-state index contributed by atoms with van der Waals surface area (Å²) in [5, 5.41) is 11.4. The Morgan fingerprint density at radius 3 is 2.74 bits per heavy atom. The number of nitro benzene ring substituents is 1. The van der Waals surface area contributed by atoms with Gasteiger partial charge in [0.15, 0.2) is 0 Å². The lowest BCUT2D eigenvalue weighted by Gasteiger charge is -2.31. The van der Waals surface area contributed by atoms with E-state index in [1.165, 1.54) is 25.3 Å². The summed E-state index contributed by atoms with van der Waals surface area (Å²) in [6.45, 7) is 4.27. The molecule has 11 heteroatoms. The number of aromatic nitrogens is 2. The summed E-state index contributed by atoms with van der Waals surface area (Å²) >= 11 is 0. The quantitative estimate of drug-likeness (QED) is 0.224. The Hall–Kier alpha value is -3.86. The monoisotopic (exact) mass is 470 g/mol. The van der Waals surface area contributed by atoms with Gasteiger partial charge in [0.05, 0.1) is 49.5 Å². The molecule has 2 heterocycles. The summed E-state index contributed by atoms with van der Waals surface area (Å²) in [5.74, 6) is -3.13. The van der Waals surface area contributed by atoms with Crippen LogP contribution in [0.3, 0.4) is 0 Å². The first-order valence-corrected chi connectivity index (χ1v) is 10.7. The summed E-state index contributed by atoms with van der Waals surface area (Å²) in [6.07, 6.45) is 5.12. The van der Waals surface area contributed by atoms with E-state index in [0.29, 0.717) is 30.1 Å². The maximum atomic E-state index is 13.1. The van der Waals surface area contributed by atoms with E-state index in [0.717, 1.165) is 0 Å². The van der Waals surface area contributed by atoms with Crippen molar-refractivity contribution >= 4 is 23.3 Å². The second-order valence-electron chi connectivity index (χ2n) is 7.52. The normalized spacial score (nSPS) is 17.8. The highest BCUT2D eigenvalue weighted by molar-refractivity contribution is 6.07. The zero-order chi connectivity index (χ0) is 24.7. The second kappa shape index (κ2) is 11.3. The zero-order valence-electron chi connectivity index (χ0n) is 19.2. The van der Waals surface area contributed by atoms with Crippen LogP contribution < -0.4 is 0 Å². The third kappa shape index (κ3) is 5.54. The lowest BCUT2D eigenvalue weighted by Crippen LogP contribution is -2.37. The first-order chi connectivity index (χ1) is 16.4. The van der Waals surface area contributed by atoms with Crippen molar-refractivity contribution in [3.05, 3.63) is 69.9 Å². The Balaban J connectivity index is 2.03. The van der Waals surface area contributed by atoms with Crippen LogP contribution >= 0.6 is 0 Å². The first-order valence-electron chi connectivity index (χ1n) is 10.7. The molecule has 0 amide bonds. The molecule has 2 atom stereocenters. The van der Waals surface area contributed by atoms with Crippen LogP contribution in [0.15, 0.2) is 59.2 Å². The van der Waals surface area contributed by atoms with Gasteiger partial charge in [-0.15, -0.1) is 0 Å². The Morgan fingerprint density at radius 2 is 2.09 bits per heavy atom. The Labute approximate surface area is 196 Å². The number of esters is 2. The number of carbonyl (C=O) groups excluding carboxylic acids is 2. The summed E-state index contributed by atoms with van der Waals surface area (Å²) in [5.41, 5.74) is 1.06. The third-order valence-electron chi connectivity index (χ3n) is 5.40. The smallest absolute Gasteiger partial charge is 0.336 e. The molecule has 11 nitrogen and oxygen atoms in total. The topological polar surface area (TPSA) is 135 Å². The molecule has 0 N–H and O–H groups in total. The number of nitrogens with zero attached hydrogens (tertiary/aromatic N) is 4. The van der Waals surface area contributed by atoms with Crippen molar-refractivity contribution in [2.24, 2.45) is 10.9 Å². The molecule has 1 aliphatic heterocycles. The molecule has 34 heavy (non-hydrogen) atoms. The lowest BCUT2D eigenvalue weighted by molar-refractivity contribution is -0.384. The average Bonchev–Trinajstić information content (AvgIpc) is 3.34. The van der Waals surface area contributed by atoms with Crippen LogP contribution in [0.25, 0.3) is 0 Å². The summed E-state index contributed by atoms with van der Waals surface area (Å²) in [7, 11) is 1.24. The molecule has 1 aromatic heterocycles. The highest BCUT2D eigenvalue weighted by atomic mass is 16.6. The fourth-order valence-corrected chi connectivity index (χ4v) is 3.88. The number of ether oxygens (including phenoxy) is 3.